The summed E-state index contributed by atoms with van der Waals surface area (Å²) in [5.41, 5.74) is -1.18. The normalized spacial score (nSPS) is 19.8. The predicted octanol–water partition coefficient (Wildman–Crippen LogP) is 1.22. The van der Waals surface area contributed by atoms with E-state index in [0.29, 0.717) is 25.4 Å². The second kappa shape index (κ2) is 6.92. The van der Waals surface area contributed by atoms with Crippen LogP contribution in [0.4, 0.5) is 4.79 Å². The fourth-order valence-electron chi connectivity index (χ4n) is 2.44. The molecule has 2 N–H and O–H groups in total. The molecule has 6 heteroatoms. The number of hydrogen-bond donors (Lipinski definition) is 2. The van der Waals surface area contributed by atoms with Crippen LogP contribution in [0.1, 0.15) is 33.1 Å². The van der Waals surface area contributed by atoms with Gasteiger partial charge in [0.05, 0.1) is 0 Å². The van der Waals surface area contributed by atoms with E-state index >= 15 is 0 Å². The number of carboxylic acids is 1. The smallest absolute Gasteiger partial charge is 0.329 e. The third-order valence-corrected chi connectivity index (χ3v) is 4.09. The number of aliphatic carboxylic acids is 1. The molecule has 116 valence electrons. The second-order valence-corrected chi connectivity index (χ2v) is 6.11. The zero-order valence-corrected chi connectivity index (χ0v) is 13.0. The largest absolute Gasteiger partial charge is 0.480 e. The molecule has 1 unspecified atom stereocenters. The van der Waals surface area contributed by atoms with Crippen molar-refractivity contribution in [2.24, 2.45) is 5.92 Å². The van der Waals surface area contributed by atoms with Crippen molar-refractivity contribution in [1.82, 2.24) is 15.1 Å². The van der Waals surface area contributed by atoms with E-state index in [4.69, 9.17) is 0 Å². The topological polar surface area (TPSA) is 72.9 Å². The number of nitrogens with zero attached hydrogens (tertiary/aromatic N) is 2. The molecule has 1 atom stereocenters. The van der Waals surface area contributed by atoms with Gasteiger partial charge in [-0.15, -0.1) is 0 Å². The number of carboxylic acid groups (broad SMARTS) is 1. The summed E-state index contributed by atoms with van der Waals surface area (Å²) in [7, 11) is 4.11. The third-order valence-electron chi connectivity index (χ3n) is 4.09. The lowest BCUT2D eigenvalue weighted by Gasteiger charge is -2.35. The van der Waals surface area contributed by atoms with E-state index in [9.17, 15) is 14.7 Å². The van der Waals surface area contributed by atoms with Crippen LogP contribution in [0.15, 0.2) is 0 Å². The molecular weight excluding hydrogens is 258 g/mol. The van der Waals surface area contributed by atoms with Gasteiger partial charge in [0.2, 0.25) is 0 Å². The van der Waals surface area contributed by atoms with Crippen LogP contribution in [-0.4, -0.2) is 66.2 Å². The molecule has 0 bridgehead atoms. The van der Waals surface area contributed by atoms with E-state index in [1.54, 1.807) is 18.7 Å². The Morgan fingerprint density at radius 2 is 1.90 bits per heavy atom. The minimum Gasteiger partial charge on any atom is -0.480 e. The first-order valence-electron chi connectivity index (χ1n) is 7.23. The van der Waals surface area contributed by atoms with Crippen LogP contribution in [0.5, 0.6) is 0 Å². The van der Waals surface area contributed by atoms with Gasteiger partial charge in [0.25, 0.3) is 0 Å². The highest BCUT2D eigenvalue weighted by molar-refractivity contribution is 5.85. The van der Waals surface area contributed by atoms with Crippen molar-refractivity contribution in [1.29, 1.82) is 0 Å². The van der Waals surface area contributed by atoms with E-state index in [0.717, 1.165) is 19.4 Å². The molecule has 0 radical (unpaired) electrons. The highest BCUT2D eigenvalue weighted by atomic mass is 16.4. The van der Waals surface area contributed by atoms with Crippen LogP contribution in [0.2, 0.25) is 0 Å². The lowest BCUT2D eigenvalue weighted by Crippen LogP contribution is -2.57. The average molecular weight is 285 g/mol. The maximum Gasteiger partial charge on any atom is 0.329 e. The summed E-state index contributed by atoms with van der Waals surface area (Å²) in [5, 5.41) is 11.8. The van der Waals surface area contributed by atoms with Crippen molar-refractivity contribution in [3.63, 3.8) is 0 Å². The summed E-state index contributed by atoms with van der Waals surface area (Å²) in [6, 6.07) is -0.264. The molecule has 0 aliphatic carbocycles. The van der Waals surface area contributed by atoms with E-state index < -0.39 is 11.5 Å². The van der Waals surface area contributed by atoms with Crippen molar-refractivity contribution in [2.75, 3.05) is 33.7 Å². The van der Waals surface area contributed by atoms with Crippen molar-refractivity contribution in [3.05, 3.63) is 0 Å². The van der Waals surface area contributed by atoms with Crippen LogP contribution < -0.4 is 5.32 Å². The number of nitrogens with one attached hydrogen (secondary N) is 1. The fourth-order valence-corrected chi connectivity index (χ4v) is 2.44. The highest BCUT2D eigenvalue weighted by Gasteiger charge is 2.35. The number of hydrogen-bond acceptors (Lipinski definition) is 3. The number of amides is 2. The molecule has 0 aromatic heterocycles. The molecule has 1 aliphatic heterocycles. The molecule has 1 aliphatic rings. The van der Waals surface area contributed by atoms with Crippen LogP contribution in [0.25, 0.3) is 0 Å². The predicted molar refractivity (Wildman–Crippen MR) is 77.7 cm³/mol. The quantitative estimate of drug-likeness (QED) is 0.796. The summed E-state index contributed by atoms with van der Waals surface area (Å²) < 4.78 is 0. The van der Waals surface area contributed by atoms with E-state index in [1.165, 1.54) is 0 Å². The van der Waals surface area contributed by atoms with Crippen LogP contribution in [0, 0.1) is 5.92 Å². The molecule has 1 saturated heterocycles. The Kier molecular flexibility index (Phi) is 5.80. The van der Waals surface area contributed by atoms with Gasteiger partial charge in [-0.05, 0) is 46.2 Å². The number of carbonyl (C=O) groups is 2. The molecule has 0 saturated carbocycles. The van der Waals surface area contributed by atoms with Gasteiger partial charge in [0.15, 0.2) is 0 Å². The molecule has 20 heavy (non-hydrogen) atoms. The van der Waals surface area contributed by atoms with Gasteiger partial charge in [-0.3, -0.25) is 0 Å². The summed E-state index contributed by atoms with van der Waals surface area (Å²) in [6.45, 7) is 5.74. The number of piperidine rings is 1. The Balaban J connectivity index is 2.49. The van der Waals surface area contributed by atoms with Gasteiger partial charge in [-0.25, -0.2) is 9.59 Å². The number of urea groups is 1. The SMILES string of the molecule is CCC(C)(NC(=O)N1CCC(CN(C)C)CC1)C(=O)O. The van der Waals surface area contributed by atoms with Gasteiger partial charge < -0.3 is 20.2 Å². The minimum atomic E-state index is -1.18. The van der Waals surface area contributed by atoms with Gasteiger partial charge in [0.1, 0.15) is 5.54 Å². The summed E-state index contributed by atoms with van der Waals surface area (Å²) in [6.07, 6.45) is 2.31. The first-order valence-corrected chi connectivity index (χ1v) is 7.23. The van der Waals surface area contributed by atoms with Crippen LogP contribution in [0.3, 0.4) is 0 Å². The molecule has 1 rings (SSSR count). The first kappa shape index (κ1) is 16.8. The lowest BCUT2D eigenvalue weighted by atomic mass is 9.96. The van der Waals surface area contributed by atoms with Crippen molar-refractivity contribution in [3.8, 4) is 0 Å². The zero-order chi connectivity index (χ0) is 15.3. The Hall–Kier alpha value is -1.30. The Labute approximate surface area is 121 Å². The Morgan fingerprint density at radius 3 is 2.30 bits per heavy atom. The maximum atomic E-state index is 12.1. The van der Waals surface area contributed by atoms with E-state index in [2.05, 4.69) is 24.3 Å². The summed E-state index contributed by atoms with van der Waals surface area (Å²) in [5.74, 6) is -0.373. The van der Waals surface area contributed by atoms with Gasteiger partial charge in [-0.2, -0.15) is 0 Å². The zero-order valence-electron chi connectivity index (χ0n) is 13.0. The molecule has 2 amide bonds. The van der Waals surface area contributed by atoms with Crippen molar-refractivity contribution < 1.29 is 14.7 Å². The summed E-state index contributed by atoms with van der Waals surface area (Å²) >= 11 is 0. The van der Waals surface area contributed by atoms with Gasteiger partial charge in [0, 0.05) is 19.6 Å². The first-order chi connectivity index (χ1) is 9.28. The highest BCUT2D eigenvalue weighted by Crippen LogP contribution is 2.19. The van der Waals surface area contributed by atoms with Crippen molar-refractivity contribution >= 4 is 12.0 Å². The molecule has 0 aromatic carbocycles. The second-order valence-electron chi connectivity index (χ2n) is 6.11. The molecule has 0 aromatic rings. The summed E-state index contributed by atoms with van der Waals surface area (Å²) in [4.78, 5) is 27.2. The standard InChI is InChI=1S/C14H27N3O3/c1-5-14(2,12(18)19)15-13(20)17-8-6-11(7-9-17)10-16(3)4/h11H,5-10H2,1-4H3,(H,15,20)(H,18,19). The monoisotopic (exact) mass is 285 g/mol. The van der Waals surface area contributed by atoms with Crippen molar-refractivity contribution in [2.45, 2.75) is 38.6 Å². The van der Waals surface area contributed by atoms with Gasteiger partial charge >= 0.3 is 12.0 Å². The van der Waals surface area contributed by atoms with E-state index in [1.807, 2.05) is 0 Å². The van der Waals surface area contributed by atoms with Crippen LogP contribution >= 0.6 is 0 Å². The molecule has 1 fully saturated rings. The lowest BCUT2D eigenvalue weighted by molar-refractivity contribution is -0.143. The van der Waals surface area contributed by atoms with E-state index in [-0.39, 0.29) is 6.03 Å². The molecule has 1 heterocycles. The molecular formula is C14H27N3O3. The number of carbonyl (C=O) groups excluding carboxylic acids is 1. The minimum absolute atomic E-state index is 0.264. The number of rotatable bonds is 5. The Morgan fingerprint density at radius 1 is 1.35 bits per heavy atom. The maximum absolute atomic E-state index is 12.1. The average Bonchev–Trinajstić information content (AvgIpc) is 2.38. The molecule has 0 spiro atoms. The Bertz CT molecular complexity index is 352. The van der Waals surface area contributed by atoms with Gasteiger partial charge in [-0.1, -0.05) is 6.92 Å². The van der Waals surface area contributed by atoms with Crippen LogP contribution in [-0.2, 0) is 4.79 Å². The third kappa shape index (κ3) is 4.37. The molecule has 6 nitrogen and oxygen atoms in total. The number of likely N-dealkylation sites (tertiary alicyclic amines) is 1. The fraction of sp³-hybridized carbons (Fsp3) is 0.857.